The number of nitrogens with one attached hydrogen (secondary N) is 1. The molecule has 0 saturated carbocycles. The minimum atomic E-state index is -0.912. The molecule has 126 valence electrons. The Morgan fingerprint density at radius 2 is 2.09 bits per heavy atom. The average Bonchev–Trinajstić information content (AvgIpc) is 2.50. The first-order chi connectivity index (χ1) is 10.8. The number of nitrogens with zero attached hydrogens (tertiary/aromatic N) is 4. The lowest BCUT2D eigenvalue weighted by molar-refractivity contribution is -0.138. The lowest BCUT2D eigenvalue weighted by Gasteiger charge is -2.32. The van der Waals surface area contributed by atoms with Crippen molar-refractivity contribution in [3.8, 4) is 0 Å². The Labute approximate surface area is 135 Å². The highest BCUT2D eigenvalue weighted by Crippen LogP contribution is 2.25. The van der Waals surface area contributed by atoms with E-state index < -0.39 is 12.6 Å². The normalized spacial score (nSPS) is 14.9. The highest BCUT2D eigenvalue weighted by Gasteiger charge is 2.29. The average molecular weight is 321 g/mol. The molecule has 2 heterocycles. The van der Waals surface area contributed by atoms with Gasteiger partial charge in [0.25, 0.3) is 0 Å². The summed E-state index contributed by atoms with van der Waals surface area (Å²) in [5.74, 6) is 0.890. The van der Waals surface area contributed by atoms with Crippen molar-refractivity contribution in [2.24, 2.45) is 0 Å². The van der Waals surface area contributed by atoms with Crippen LogP contribution in [0.25, 0.3) is 0 Å². The van der Waals surface area contributed by atoms with Gasteiger partial charge in [-0.15, -0.1) is 0 Å². The van der Waals surface area contributed by atoms with E-state index in [1.165, 1.54) is 6.92 Å². The van der Waals surface area contributed by atoms with Gasteiger partial charge in [-0.1, -0.05) is 0 Å². The van der Waals surface area contributed by atoms with E-state index in [9.17, 15) is 14.7 Å². The van der Waals surface area contributed by atoms with Crippen LogP contribution in [0.4, 0.5) is 5.82 Å². The van der Waals surface area contributed by atoms with Crippen LogP contribution in [-0.2, 0) is 22.6 Å². The number of aliphatic hydroxyl groups is 1. The lowest BCUT2D eigenvalue weighted by atomic mass is 10.0. The van der Waals surface area contributed by atoms with Crippen molar-refractivity contribution in [2.75, 3.05) is 32.1 Å². The van der Waals surface area contributed by atoms with Crippen LogP contribution in [0.2, 0.25) is 0 Å². The minimum Gasteiger partial charge on any atom is -0.394 e. The van der Waals surface area contributed by atoms with Gasteiger partial charge in [0.15, 0.2) is 0 Å². The van der Waals surface area contributed by atoms with Gasteiger partial charge in [0.05, 0.1) is 18.8 Å². The van der Waals surface area contributed by atoms with E-state index in [2.05, 4.69) is 15.3 Å². The molecule has 1 atom stereocenters. The van der Waals surface area contributed by atoms with Crippen molar-refractivity contribution < 1.29 is 14.7 Å². The number of carbonyl (C=O) groups excluding carboxylic acids is 2. The maximum Gasteiger partial charge on any atom is 0.247 e. The zero-order valence-electron chi connectivity index (χ0n) is 14.0. The van der Waals surface area contributed by atoms with Gasteiger partial charge in [0.2, 0.25) is 11.8 Å². The van der Waals surface area contributed by atoms with E-state index in [4.69, 9.17) is 0 Å². The molecule has 1 unspecified atom stereocenters. The molecule has 1 aromatic heterocycles. The molecule has 1 aliphatic heterocycles. The van der Waals surface area contributed by atoms with Gasteiger partial charge in [0.1, 0.15) is 17.7 Å². The third-order valence-corrected chi connectivity index (χ3v) is 3.75. The minimum absolute atomic E-state index is 0.295. The molecule has 8 nitrogen and oxygen atoms in total. The molecule has 1 aromatic rings. The molecule has 23 heavy (non-hydrogen) atoms. The molecule has 0 saturated heterocycles. The SMILES string of the molecule is CC(=O)NC(CO)C(=O)N1CCc2c(nc(C)nc2N(C)C)C1. The molecule has 1 aliphatic rings. The highest BCUT2D eigenvalue weighted by atomic mass is 16.3. The number of hydrogen-bond acceptors (Lipinski definition) is 6. The summed E-state index contributed by atoms with van der Waals surface area (Å²) in [7, 11) is 3.86. The number of aryl methyl sites for hydroxylation is 1. The zero-order chi connectivity index (χ0) is 17.1. The molecule has 8 heteroatoms. The maximum atomic E-state index is 12.5. The van der Waals surface area contributed by atoms with Gasteiger partial charge >= 0.3 is 0 Å². The summed E-state index contributed by atoms with van der Waals surface area (Å²) in [6, 6.07) is -0.912. The van der Waals surface area contributed by atoms with E-state index in [0.717, 1.165) is 17.1 Å². The van der Waals surface area contributed by atoms with Gasteiger partial charge in [-0.25, -0.2) is 9.97 Å². The van der Waals surface area contributed by atoms with E-state index in [1.807, 2.05) is 25.9 Å². The van der Waals surface area contributed by atoms with Gasteiger partial charge in [-0.2, -0.15) is 0 Å². The standard InChI is InChI=1S/C15H23N5O3/c1-9-16-12-7-20(15(23)13(8-21)18-10(2)22)6-5-11(12)14(17-9)19(3)4/h13,21H,5-8H2,1-4H3,(H,18,22). The van der Waals surface area contributed by atoms with Crippen LogP contribution >= 0.6 is 0 Å². The predicted molar refractivity (Wildman–Crippen MR) is 84.9 cm³/mol. The van der Waals surface area contributed by atoms with Crippen LogP contribution in [0.15, 0.2) is 0 Å². The Balaban J connectivity index is 2.23. The first kappa shape index (κ1) is 17.1. The van der Waals surface area contributed by atoms with E-state index >= 15 is 0 Å². The summed E-state index contributed by atoms with van der Waals surface area (Å²) >= 11 is 0. The molecular formula is C15H23N5O3. The summed E-state index contributed by atoms with van der Waals surface area (Å²) in [5, 5.41) is 11.8. The van der Waals surface area contributed by atoms with Crippen LogP contribution in [0.3, 0.4) is 0 Å². The fraction of sp³-hybridized carbons (Fsp3) is 0.600. The van der Waals surface area contributed by atoms with E-state index in [-0.39, 0.29) is 11.8 Å². The number of fused-ring (bicyclic) bond motifs is 1. The van der Waals surface area contributed by atoms with Crippen LogP contribution in [-0.4, -0.2) is 65.1 Å². The molecule has 0 aliphatic carbocycles. The summed E-state index contributed by atoms with van der Waals surface area (Å²) in [6.07, 6.45) is 0.646. The number of hydrogen-bond donors (Lipinski definition) is 2. The molecule has 0 aromatic carbocycles. The maximum absolute atomic E-state index is 12.5. The molecular weight excluding hydrogens is 298 g/mol. The number of aliphatic hydroxyl groups excluding tert-OH is 1. The van der Waals surface area contributed by atoms with E-state index in [0.29, 0.717) is 25.3 Å². The first-order valence-corrected chi connectivity index (χ1v) is 7.54. The Hall–Kier alpha value is -2.22. The third-order valence-electron chi connectivity index (χ3n) is 3.75. The Bertz CT molecular complexity index is 617. The number of amides is 2. The monoisotopic (exact) mass is 321 g/mol. The first-order valence-electron chi connectivity index (χ1n) is 7.54. The summed E-state index contributed by atoms with van der Waals surface area (Å²) in [5.41, 5.74) is 1.87. The lowest BCUT2D eigenvalue weighted by Crippen LogP contribution is -2.51. The van der Waals surface area contributed by atoms with Crippen molar-refractivity contribution in [3.05, 3.63) is 17.1 Å². The van der Waals surface area contributed by atoms with Crippen molar-refractivity contribution in [1.82, 2.24) is 20.2 Å². The summed E-state index contributed by atoms with van der Waals surface area (Å²) < 4.78 is 0. The fourth-order valence-electron chi connectivity index (χ4n) is 2.74. The summed E-state index contributed by atoms with van der Waals surface area (Å²) in [4.78, 5) is 36.1. The largest absolute Gasteiger partial charge is 0.394 e. The van der Waals surface area contributed by atoms with Crippen LogP contribution < -0.4 is 10.2 Å². The quantitative estimate of drug-likeness (QED) is 0.756. The predicted octanol–water partition coefficient (Wildman–Crippen LogP) is -0.767. The van der Waals surface area contributed by atoms with Gasteiger partial charge in [-0.3, -0.25) is 9.59 Å². The Kier molecular flexibility index (Phi) is 5.15. The Morgan fingerprint density at radius 1 is 1.39 bits per heavy atom. The van der Waals surface area contributed by atoms with Gasteiger partial charge in [-0.05, 0) is 13.3 Å². The fourth-order valence-corrected chi connectivity index (χ4v) is 2.74. The van der Waals surface area contributed by atoms with Crippen molar-refractivity contribution in [2.45, 2.75) is 32.9 Å². The molecule has 2 rings (SSSR count). The molecule has 2 amide bonds. The molecule has 0 radical (unpaired) electrons. The second kappa shape index (κ2) is 6.91. The molecule has 0 fully saturated rings. The third kappa shape index (κ3) is 3.76. The number of carbonyl (C=O) groups is 2. The topological polar surface area (TPSA) is 98.7 Å². The van der Waals surface area contributed by atoms with Gasteiger partial charge < -0.3 is 20.2 Å². The second-order valence-corrected chi connectivity index (χ2v) is 5.86. The van der Waals surface area contributed by atoms with Crippen molar-refractivity contribution >= 4 is 17.6 Å². The number of rotatable bonds is 4. The molecule has 0 spiro atoms. The van der Waals surface area contributed by atoms with Gasteiger partial charge in [0, 0.05) is 33.1 Å². The van der Waals surface area contributed by atoms with Crippen LogP contribution in [0, 0.1) is 6.92 Å². The number of aromatic nitrogens is 2. The Morgan fingerprint density at radius 3 is 2.65 bits per heavy atom. The van der Waals surface area contributed by atoms with Crippen LogP contribution in [0.5, 0.6) is 0 Å². The van der Waals surface area contributed by atoms with Crippen molar-refractivity contribution in [1.29, 1.82) is 0 Å². The smallest absolute Gasteiger partial charge is 0.247 e. The summed E-state index contributed by atoms with van der Waals surface area (Å²) in [6.45, 7) is 3.58. The van der Waals surface area contributed by atoms with E-state index in [1.54, 1.807) is 4.90 Å². The van der Waals surface area contributed by atoms with Crippen molar-refractivity contribution in [3.63, 3.8) is 0 Å². The highest BCUT2D eigenvalue weighted by molar-refractivity contribution is 5.87. The molecule has 2 N–H and O–H groups in total. The number of anilines is 1. The second-order valence-electron chi connectivity index (χ2n) is 5.86. The zero-order valence-corrected chi connectivity index (χ0v) is 14.0. The van der Waals surface area contributed by atoms with Crippen LogP contribution in [0.1, 0.15) is 24.0 Å². The molecule has 0 bridgehead atoms.